The van der Waals surface area contributed by atoms with Crippen molar-refractivity contribution in [1.82, 2.24) is 5.43 Å². The highest BCUT2D eigenvalue weighted by Crippen LogP contribution is 2.36. The normalized spacial score (nSPS) is 16.7. The Kier molecular flexibility index (Phi) is 3.66. The molecule has 3 aromatic rings. The molecule has 0 aliphatic carbocycles. The van der Waals surface area contributed by atoms with Crippen LogP contribution in [0.5, 0.6) is 0 Å². The van der Waals surface area contributed by atoms with Crippen LogP contribution in [0.25, 0.3) is 10.8 Å². The molecular formula is C18H13N3O2S. The molecule has 1 atom stereocenters. The predicted octanol–water partition coefficient (Wildman–Crippen LogP) is 4.44. The van der Waals surface area contributed by atoms with Crippen molar-refractivity contribution in [2.75, 3.05) is 0 Å². The largest absolute Gasteiger partial charge is 0.291 e. The zero-order chi connectivity index (χ0) is 16.5. The average Bonchev–Trinajstić information content (AvgIpc) is 3.11. The van der Waals surface area contributed by atoms with E-state index in [1.165, 1.54) is 17.5 Å². The lowest BCUT2D eigenvalue weighted by Crippen LogP contribution is -2.06. The number of hydrogen-bond donors (Lipinski definition) is 1. The number of nitrogens with zero attached hydrogens (tertiary/aromatic N) is 2. The van der Waals surface area contributed by atoms with Crippen molar-refractivity contribution in [2.24, 2.45) is 5.10 Å². The van der Waals surface area contributed by atoms with Gasteiger partial charge in [0.1, 0.15) is 10.4 Å². The van der Waals surface area contributed by atoms with Gasteiger partial charge in [-0.3, -0.25) is 15.5 Å². The number of rotatable bonds is 3. The lowest BCUT2D eigenvalue weighted by Gasteiger charge is -2.09. The Balaban J connectivity index is 1.60. The highest BCUT2D eigenvalue weighted by molar-refractivity contribution is 8.14. The Labute approximate surface area is 142 Å². The molecule has 0 fully saturated rings. The molecule has 1 aliphatic rings. The predicted molar refractivity (Wildman–Crippen MR) is 97.0 cm³/mol. The maximum atomic E-state index is 10.8. The lowest BCUT2D eigenvalue weighted by molar-refractivity contribution is -0.384. The van der Waals surface area contributed by atoms with Crippen molar-refractivity contribution in [1.29, 1.82) is 0 Å². The van der Waals surface area contributed by atoms with E-state index >= 15 is 0 Å². The summed E-state index contributed by atoms with van der Waals surface area (Å²) >= 11 is 1.61. The third-order valence-corrected chi connectivity index (χ3v) is 5.09. The number of thioether (sulfide) groups is 1. The fraction of sp³-hybridized carbons (Fsp3) is 0.0556. The van der Waals surface area contributed by atoms with Crippen LogP contribution in [0.15, 0.2) is 71.8 Å². The molecule has 6 heteroatoms. The number of nitrogens with one attached hydrogen (secondary N) is 1. The third-order valence-electron chi connectivity index (χ3n) is 3.94. The SMILES string of the molecule is O=[N+]([O-])c1ccc(C2NN=C(c3cccc4ccccc34)S2)cc1. The summed E-state index contributed by atoms with van der Waals surface area (Å²) in [7, 11) is 0. The van der Waals surface area contributed by atoms with Crippen LogP contribution in [-0.4, -0.2) is 9.97 Å². The smallest absolute Gasteiger partial charge is 0.269 e. The molecule has 5 nitrogen and oxygen atoms in total. The summed E-state index contributed by atoms with van der Waals surface area (Å²) in [4.78, 5) is 10.4. The van der Waals surface area contributed by atoms with E-state index < -0.39 is 4.92 Å². The molecular weight excluding hydrogens is 322 g/mol. The van der Waals surface area contributed by atoms with Crippen LogP contribution >= 0.6 is 11.8 Å². The summed E-state index contributed by atoms with van der Waals surface area (Å²) in [5.41, 5.74) is 5.27. The van der Waals surface area contributed by atoms with Crippen molar-refractivity contribution < 1.29 is 4.92 Å². The molecule has 0 bridgehead atoms. The summed E-state index contributed by atoms with van der Waals surface area (Å²) in [6.45, 7) is 0. The van der Waals surface area contributed by atoms with Crippen LogP contribution in [0.1, 0.15) is 16.5 Å². The van der Waals surface area contributed by atoms with E-state index in [1.807, 2.05) is 18.2 Å². The number of hydrogen-bond acceptors (Lipinski definition) is 5. The number of nitro benzene ring substituents is 1. The maximum absolute atomic E-state index is 10.8. The van der Waals surface area contributed by atoms with Crippen LogP contribution in [0.3, 0.4) is 0 Å². The van der Waals surface area contributed by atoms with Crippen LogP contribution < -0.4 is 5.43 Å². The van der Waals surface area contributed by atoms with Crippen LogP contribution in [0, 0.1) is 10.1 Å². The molecule has 0 spiro atoms. The second kappa shape index (κ2) is 5.98. The first kappa shape index (κ1) is 14.7. The average molecular weight is 335 g/mol. The van der Waals surface area contributed by atoms with Crippen LogP contribution in [-0.2, 0) is 0 Å². The monoisotopic (exact) mass is 335 g/mol. The van der Waals surface area contributed by atoms with Gasteiger partial charge in [-0.25, -0.2) is 0 Å². The summed E-state index contributed by atoms with van der Waals surface area (Å²) in [5.74, 6) is 0. The van der Waals surface area contributed by atoms with Crippen molar-refractivity contribution in [2.45, 2.75) is 5.37 Å². The summed E-state index contributed by atoms with van der Waals surface area (Å²) in [6.07, 6.45) is 0. The molecule has 118 valence electrons. The van der Waals surface area contributed by atoms with Gasteiger partial charge < -0.3 is 0 Å². The zero-order valence-corrected chi connectivity index (χ0v) is 13.4. The molecule has 0 saturated carbocycles. The molecule has 1 unspecified atom stereocenters. The second-order valence-electron chi connectivity index (χ2n) is 5.42. The van der Waals surface area contributed by atoms with E-state index in [-0.39, 0.29) is 11.1 Å². The van der Waals surface area contributed by atoms with E-state index in [4.69, 9.17) is 0 Å². The number of nitro groups is 1. The van der Waals surface area contributed by atoms with Gasteiger partial charge in [-0.1, -0.05) is 54.2 Å². The first-order chi connectivity index (χ1) is 11.7. The highest BCUT2D eigenvalue weighted by Gasteiger charge is 2.23. The van der Waals surface area contributed by atoms with E-state index in [1.54, 1.807) is 23.9 Å². The molecule has 0 saturated heterocycles. The van der Waals surface area contributed by atoms with E-state index in [9.17, 15) is 10.1 Å². The van der Waals surface area contributed by atoms with Gasteiger partial charge >= 0.3 is 0 Å². The van der Waals surface area contributed by atoms with Crippen molar-refractivity contribution in [3.8, 4) is 0 Å². The Bertz CT molecular complexity index is 949. The summed E-state index contributed by atoms with van der Waals surface area (Å²) in [5, 5.41) is 18.5. The topological polar surface area (TPSA) is 67.5 Å². The fourth-order valence-electron chi connectivity index (χ4n) is 2.73. The van der Waals surface area contributed by atoms with Gasteiger partial charge in [0.05, 0.1) is 4.92 Å². The maximum Gasteiger partial charge on any atom is 0.269 e. The molecule has 1 aliphatic heterocycles. The minimum absolute atomic E-state index is 0.0419. The van der Waals surface area contributed by atoms with E-state index in [2.05, 4.69) is 34.8 Å². The van der Waals surface area contributed by atoms with E-state index in [0.717, 1.165) is 21.6 Å². The molecule has 0 amide bonds. The van der Waals surface area contributed by atoms with Gasteiger partial charge in [-0.2, -0.15) is 5.10 Å². The molecule has 4 rings (SSSR count). The fourth-order valence-corrected chi connectivity index (χ4v) is 3.76. The Morgan fingerprint density at radius 2 is 1.75 bits per heavy atom. The second-order valence-corrected chi connectivity index (χ2v) is 6.51. The van der Waals surface area contributed by atoms with Crippen LogP contribution in [0.2, 0.25) is 0 Å². The Hall–Kier alpha value is -2.86. The minimum Gasteiger partial charge on any atom is -0.291 e. The van der Waals surface area contributed by atoms with Crippen LogP contribution in [0.4, 0.5) is 5.69 Å². The van der Waals surface area contributed by atoms with Crippen molar-refractivity contribution in [3.63, 3.8) is 0 Å². The molecule has 0 radical (unpaired) electrons. The standard InChI is InChI=1S/C18H13N3O2S/c22-21(23)14-10-8-13(9-11-14)17-19-20-18(24-17)16-7-3-5-12-4-1-2-6-15(12)16/h1-11,17,19H. The van der Waals surface area contributed by atoms with E-state index in [0.29, 0.717) is 0 Å². The van der Waals surface area contributed by atoms with Crippen molar-refractivity contribution >= 4 is 33.3 Å². The first-order valence-corrected chi connectivity index (χ1v) is 8.33. The van der Waals surface area contributed by atoms with Gasteiger partial charge in [0, 0.05) is 17.7 Å². The molecule has 0 aromatic heterocycles. The quantitative estimate of drug-likeness (QED) is 0.567. The molecule has 3 aromatic carbocycles. The first-order valence-electron chi connectivity index (χ1n) is 7.45. The number of fused-ring (bicyclic) bond motifs is 1. The summed E-state index contributed by atoms with van der Waals surface area (Å²) < 4.78 is 0. The Morgan fingerprint density at radius 3 is 2.54 bits per heavy atom. The summed E-state index contributed by atoms with van der Waals surface area (Å²) in [6, 6.07) is 21.0. The molecule has 1 N–H and O–H groups in total. The third kappa shape index (κ3) is 2.61. The van der Waals surface area contributed by atoms with Gasteiger partial charge in [0.2, 0.25) is 0 Å². The van der Waals surface area contributed by atoms with Crippen molar-refractivity contribution in [3.05, 3.63) is 88.0 Å². The Morgan fingerprint density at radius 1 is 1.00 bits per heavy atom. The van der Waals surface area contributed by atoms with Gasteiger partial charge in [-0.05, 0) is 28.5 Å². The van der Waals surface area contributed by atoms with Gasteiger partial charge in [0.15, 0.2) is 0 Å². The highest BCUT2D eigenvalue weighted by atomic mass is 32.2. The number of hydrazone groups is 1. The number of non-ortho nitro benzene ring substituents is 1. The van der Waals surface area contributed by atoms with Gasteiger partial charge in [0.25, 0.3) is 5.69 Å². The molecule has 24 heavy (non-hydrogen) atoms. The number of benzene rings is 3. The zero-order valence-electron chi connectivity index (χ0n) is 12.5. The molecule has 1 heterocycles. The minimum atomic E-state index is -0.392. The lowest BCUT2D eigenvalue weighted by atomic mass is 10.1. The van der Waals surface area contributed by atoms with Gasteiger partial charge in [-0.15, -0.1) is 0 Å².